The van der Waals surface area contributed by atoms with Gasteiger partial charge in [-0.05, 0) is 48.7 Å². The second-order valence-corrected chi connectivity index (χ2v) is 8.09. The minimum atomic E-state index is 0.127. The van der Waals surface area contributed by atoms with Crippen LogP contribution < -0.4 is 10.6 Å². The summed E-state index contributed by atoms with van der Waals surface area (Å²) in [5.74, 6) is 0. The first-order valence-electron chi connectivity index (χ1n) is 8.84. The topological polar surface area (TPSA) is 29.3 Å². The van der Waals surface area contributed by atoms with Crippen molar-refractivity contribution in [3.05, 3.63) is 83.4 Å². The summed E-state index contributed by atoms with van der Waals surface area (Å²) in [6.07, 6.45) is 1.81. The molecule has 1 heterocycles. The number of nitrogens with zero attached hydrogens (tertiary/aromatic N) is 1. The molecule has 1 aliphatic heterocycles. The molecule has 132 valence electrons. The van der Waals surface area contributed by atoms with E-state index in [2.05, 4.69) is 65.6 Å². The van der Waals surface area contributed by atoms with Gasteiger partial charge in [0.1, 0.15) is 0 Å². The lowest BCUT2D eigenvalue weighted by molar-refractivity contribution is 0.612. The molecule has 0 spiro atoms. The third kappa shape index (κ3) is 3.75. The molecule has 0 fully saturated rings. The van der Waals surface area contributed by atoms with Crippen LogP contribution in [0.5, 0.6) is 0 Å². The van der Waals surface area contributed by atoms with Crippen molar-refractivity contribution < 1.29 is 0 Å². The molecule has 0 saturated carbocycles. The quantitative estimate of drug-likeness (QED) is 0.597. The maximum absolute atomic E-state index is 6.43. The monoisotopic (exact) mass is 380 g/mol. The summed E-state index contributed by atoms with van der Waals surface area (Å²) in [6, 6.07) is 25.2. The van der Waals surface area contributed by atoms with Crippen LogP contribution in [0.15, 0.2) is 82.6 Å². The van der Waals surface area contributed by atoms with Crippen LogP contribution in [-0.2, 0) is 6.42 Å². The fraction of sp³-hybridized carbons (Fsp3) is 0.182. The van der Waals surface area contributed by atoms with Gasteiger partial charge in [0.2, 0.25) is 0 Å². The first-order chi connectivity index (χ1) is 12.7. The van der Waals surface area contributed by atoms with Gasteiger partial charge in [-0.2, -0.15) is 0 Å². The average Bonchev–Trinajstić information content (AvgIpc) is 2.66. The van der Waals surface area contributed by atoms with Crippen molar-refractivity contribution in [3.63, 3.8) is 0 Å². The average molecular weight is 381 g/mol. The summed E-state index contributed by atoms with van der Waals surface area (Å²) in [6.45, 7) is 0.874. The summed E-state index contributed by atoms with van der Waals surface area (Å²) < 4.78 is 0. The van der Waals surface area contributed by atoms with Crippen LogP contribution in [0, 0.1) is 0 Å². The molecular weight excluding hydrogens is 360 g/mol. The predicted octanol–water partition coefficient (Wildman–Crippen LogP) is 5.90. The molecule has 1 unspecified atom stereocenters. The zero-order valence-electron chi connectivity index (χ0n) is 14.4. The molecule has 0 amide bonds. The van der Waals surface area contributed by atoms with Gasteiger partial charge in [0.25, 0.3) is 0 Å². The van der Waals surface area contributed by atoms with Crippen LogP contribution in [0.1, 0.15) is 12.0 Å². The van der Waals surface area contributed by atoms with Crippen molar-refractivity contribution in [3.8, 4) is 0 Å². The number of hydrogen-bond acceptors (Lipinski definition) is 3. The third-order valence-corrected chi connectivity index (χ3v) is 6.02. The van der Waals surface area contributed by atoms with E-state index in [0.717, 1.165) is 24.4 Å². The highest BCUT2D eigenvalue weighted by atomic mass is 35.5. The Morgan fingerprint density at radius 1 is 0.885 bits per heavy atom. The predicted molar refractivity (Wildman–Crippen MR) is 112 cm³/mol. The fourth-order valence-corrected chi connectivity index (χ4v) is 4.60. The second kappa shape index (κ2) is 7.75. The van der Waals surface area contributed by atoms with Crippen LogP contribution in [0.25, 0.3) is 0 Å². The molecule has 4 rings (SSSR count). The van der Waals surface area contributed by atoms with E-state index in [4.69, 9.17) is 17.3 Å². The zero-order valence-corrected chi connectivity index (χ0v) is 16.0. The molecular formula is C22H21ClN2S. The van der Waals surface area contributed by atoms with Crippen molar-refractivity contribution in [1.29, 1.82) is 0 Å². The lowest BCUT2D eigenvalue weighted by Crippen LogP contribution is -2.30. The number of nitrogens with two attached hydrogens (primary N) is 1. The molecule has 0 bridgehead atoms. The van der Waals surface area contributed by atoms with Crippen LogP contribution in [0.4, 0.5) is 11.4 Å². The molecule has 0 aliphatic carbocycles. The number of para-hydroxylation sites is 1. The second-order valence-electron chi connectivity index (χ2n) is 6.57. The maximum atomic E-state index is 6.43. The Hall–Kier alpha value is -1.94. The summed E-state index contributed by atoms with van der Waals surface area (Å²) >= 11 is 8.08. The number of halogens is 1. The number of fused-ring (bicyclic) bond motifs is 2. The Kier molecular flexibility index (Phi) is 5.21. The summed E-state index contributed by atoms with van der Waals surface area (Å²) in [5, 5.41) is 0.766. The number of hydrogen-bond donors (Lipinski definition) is 1. The van der Waals surface area contributed by atoms with E-state index in [9.17, 15) is 0 Å². The zero-order chi connectivity index (χ0) is 17.9. The lowest BCUT2D eigenvalue weighted by Gasteiger charge is -2.33. The van der Waals surface area contributed by atoms with E-state index in [0.29, 0.717) is 0 Å². The van der Waals surface area contributed by atoms with Crippen LogP contribution in [0.2, 0.25) is 5.02 Å². The van der Waals surface area contributed by atoms with Crippen molar-refractivity contribution in [2.24, 2.45) is 5.73 Å². The van der Waals surface area contributed by atoms with Crippen molar-refractivity contribution in [2.75, 3.05) is 11.4 Å². The summed E-state index contributed by atoms with van der Waals surface area (Å²) in [7, 11) is 0. The maximum Gasteiger partial charge on any atom is 0.0567 e. The van der Waals surface area contributed by atoms with Crippen LogP contribution in [-0.4, -0.2) is 12.6 Å². The van der Waals surface area contributed by atoms with E-state index in [-0.39, 0.29) is 6.04 Å². The Labute approximate surface area is 164 Å². The minimum Gasteiger partial charge on any atom is -0.340 e. The molecule has 2 nitrogen and oxygen atoms in total. The lowest BCUT2D eigenvalue weighted by atomic mass is 10.0. The molecule has 3 aromatic carbocycles. The Balaban J connectivity index is 1.55. The van der Waals surface area contributed by atoms with Gasteiger partial charge in [-0.25, -0.2) is 0 Å². The molecule has 0 radical (unpaired) electrons. The molecule has 3 aromatic rings. The molecule has 1 atom stereocenters. The van der Waals surface area contributed by atoms with Gasteiger partial charge in [-0.3, -0.25) is 0 Å². The molecule has 2 N–H and O–H groups in total. The third-order valence-electron chi connectivity index (χ3n) is 4.65. The fourth-order valence-electron chi connectivity index (χ4n) is 3.36. The number of benzene rings is 3. The highest BCUT2D eigenvalue weighted by Gasteiger charge is 2.23. The Morgan fingerprint density at radius 2 is 1.62 bits per heavy atom. The van der Waals surface area contributed by atoms with E-state index >= 15 is 0 Å². The standard InChI is InChI=1S/C22H21ClN2S/c23-17-10-11-22-20(15-17)25(19-8-4-5-9-21(19)26-22)13-12-18(24)14-16-6-2-1-3-7-16/h1-11,15,18H,12-14,24H2. The highest BCUT2D eigenvalue weighted by Crippen LogP contribution is 2.48. The normalized spacial score (nSPS) is 13.8. The molecule has 0 aromatic heterocycles. The van der Waals surface area contributed by atoms with Gasteiger partial charge in [-0.15, -0.1) is 0 Å². The summed E-state index contributed by atoms with van der Waals surface area (Å²) in [5.41, 5.74) is 10.1. The minimum absolute atomic E-state index is 0.127. The molecule has 0 saturated heterocycles. The largest absolute Gasteiger partial charge is 0.340 e. The Bertz CT molecular complexity index is 898. The number of rotatable bonds is 5. The van der Waals surface area contributed by atoms with Gasteiger partial charge in [0.15, 0.2) is 0 Å². The first kappa shape index (κ1) is 17.5. The van der Waals surface area contributed by atoms with Crippen molar-refractivity contribution in [2.45, 2.75) is 28.7 Å². The van der Waals surface area contributed by atoms with Gasteiger partial charge >= 0.3 is 0 Å². The SMILES string of the molecule is NC(CCN1c2ccccc2Sc2ccc(Cl)cc21)Cc1ccccc1. The highest BCUT2D eigenvalue weighted by molar-refractivity contribution is 7.99. The first-order valence-corrected chi connectivity index (χ1v) is 10.0. The molecule has 1 aliphatic rings. The number of anilines is 2. The smallest absolute Gasteiger partial charge is 0.0567 e. The van der Waals surface area contributed by atoms with E-state index in [1.165, 1.54) is 26.7 Å². The van der Waals surface area contributed by atoms with E-state index in [1.54, 1.807) is 11.8 Å². The van der Waals surface area contributed by atoms with Gasteiger partial charge in [0, 0.05) is 27.4 Å². The van der Waals surface area contributed by atoms with Gasteiger partial charge in [0.05, 0.1) is 11.4 Å². The van der Waals surface area contributed by atoms with E-state index < -0.39 is 0 Å². The Morgan fingerprint density at radius 3 is 2.46 bits per heavy atom. The van der Waals surface area contributed by atoms with Crippen LogP contribution >= 0.6 is 23.4 Å². The molecule has 26 heavy (non-hydrogen) atoms. The van der Waals surface area contributed by atoms with Crippen LogP contribution in [0.3, 0.4) is 0 Å². The van der Waals surface area contributed by atoms with Gasteiger partial charge in [-0.1, -0.05) is 65.8 Å². The van der Waals surface area contributed by atoms with E-state index in [1.807, 2.05) is 12.1 Å². The van der Waals surface area contributed by atoms with Gasteiger partial charge < -0.3 is 10.6 Å². The van der Waals surface area contributed by atoms with Crippen molar-refractivity contribution in [1.82, 2.24) is 0 Å². The summed E-state index contributed by atoms with van der Waals surface area (Å²) in [4.78, 5) is 4.88. The van der Waals surface area contributed by atoms with Crippen molar-refractivity contribution >= 4 is 34.7 Å². The molecule has 4 heteroatoms.